The highest BCUT2D eigenvalue weighted by molar-refractivity contribution is 9.10. The predicted molar refractivity (Wildman–Crippen MR) is 93.9 cm³/mol. The monoisotopic (exact) mass is 385 g/mol. The van der Waals surface area contributed by atoms with E-state index in [0.717, 1.165) is 21.3 Å². The summed E-state index contributed by atoms with van der Waals surface area (Å²) in [7, 11) is 0. The minimum Gasteiger partial charge on any atom is -0.346 e. The van der Waals surface area contributed by atoms with Crippen molar-refractivity contribution in [2.45, 2.75) is 20.4 Å². The number of nitrogens with zero attached hydrogens (tertiary/aromatic N) is 4. The number of benzene rings is 1. The Morgan fingerprint density at radius 3 is 2.83 bits per heavy atom. The minimum absolute atomic E-state index is 0.253. The van der Waals surface area contributed by atoms with Crippen molar-refractivity contribution in [3.63, 3.8) is 0 Å². The van der Waals surface area contributed by atoms with Gasteiger partial charge in [0, 0.05) is 23.4 Å². The summed E-state index contributed by atoms with van der Waals surface area (Å²) in [5, 5.41) is 11.0. The van der Waals surface area contributed by atoms with Crippen LogP contribution in [-0.4, -0.2) is 25.9 Å². The molecule has 1 amide bonds. The zero-order chi connectivity index (χ0) is 17.1. The maximum Gasteiger partial charge on any atom is 0.274 e. The largest absolute Gasteiger partial charge is 0.346 e. The van der Waals surface area contributed by atoms with Crippen molar-refractivity contribution < 1.29 is 4.79 Å². The first-order chi connectivity index (χ1) is 11.6. The van der Waals surface area contributed by atoms with E-state index < -0.39 is 0 Å². The number of carbonyl (C=O) groups is 1. The van der Waals surface area contributed by atoms with Crippen LogP contribution in [0.5, 0.6) is 0 Å². The summed E-state index contributed by atoms with van der Waals surface area (Å²) in [6.45, 7) is 4.23. The highest BCUT2D eigenvalue weighted by Gasteiger charge is 2.17. The van der Waals surface area contributed by atoms with Gasteiger partial charge in [0.2, 0.25) is 0 Å². The van der Waals surface area contributed by atoms with Crippen LogP contribution in [0.15, 0.2) is 47.2 Å². The second-order valence-electron chi connectivity index (χ2n) is 5.41. The molecule has 6 nitrogen and oxygen atoms in total. The molecule has 0 saturated heterocycles. The summed E-state index contributed by atoms with van der Waals surface area (Å²) in [4.78, 5) is 16.4. The topological polar surface area (TPSA) is 72.7 Å². The number of aromatic nitrogens is 4. The summed E-state index contributed by atoms with van der Waals surface area (Å²) in [6.07, 6.45) is 3.41. The first-order valence-corrected chi connectivity index (χ1v) is 8.21. The van der Waals surface area contributed by atoms with Gasteiger partial charge in [-0.3, -0.25) is 9.78 Å². The van der Waals surface area contributed by atoms with Gasteiger partial charge in [-0.25, -0.2) is 4.68 Å². The summed E-state index contributed by atoms with van der Waals surface area (Å²) in [5.41, 5.74) is 3.90. The molecule has 0 spiro atoms. The fourth-order valence-electron chi connectivity index (χ4n) is 2.31. The van der Waals surface area contributed by atoms with Gasteiger partial charge in [-0.2, -0.15) is 0 Å². The highest BCUT2D eigenvalue weighted by atomic mass is 79.9. The molecule has 0 aliphatic heterocycles. The van der Waals surface area contributed by atoms with Crippen LogP contribution in [0.2, 0.25) is 0 Å². The van der Waals surface area contributed by atoms with E-state index in [1.165, 1.54) is 0 Å². The molecule has 24 heavy (non-hydrogen) atoms. The molecule has 0 unspecified atom stereocenters. The Bertz CT molecular complexity index is 876. The van der Waals surface area contributed by atoms with Crippen molar-refractivity contribution >= 4 is 21.8 Å². The molecule has 0 aliphatic rings. The molecule has 2 heterocycles. The van der Waals surface area contributed by atoms with Gasteiger partial charge in [0.25, 0.3) is 5.91 Å². The maximum atomic E-state index is 12.3. The van der Waals surface area contributed by atoms with Crippen LogP contribution in [0.3, 0.4) is 0 Å². The lowest BCUT2D eigenvalue weighted by Crippen LogP contribution is -2.24. The molecule has 1 aromatic carbocycles. The van der Waals surface area contributed by atoms with Crippen molar-refractivity contribution in [3.8, 4) is 5.69 Å². The molecular formula is C17H16BrN5O. The lowest BCUT2D eigenvalue weighted by Gasteiger charge is -2.06. The summed E-state index contributed by atoms with van der Waals surface area (Å²) in [5.74, 6) is -0.253. The number of nitrogens with one attached hydrogen (secondary N) is 1. The quantitative estimate of drug-likeness (QED) is 0.748. The van der Waals surface area contributed by atoms with Crippen LogP contribution in [-0.2, 0) is 6.54 Å². The molecule has 3 aromatic rings. The lowest BCUT2D eigenvalue weighted by atomic mass is 10.2. The summed E-state index contributed by atoms with van der Waals surface area (Å²) < 4.78 is 2.69. The smallest absolute Gasteiger partial charge is 0.274 e. The second kappa shape index (κ2) is 6.92. The van der Waals surface area contributed by atoms with E-state index in [0.29, 0.717) is 17.9 Å². The Labute approximate surface area is 148 Å². The molecule has 0 aliphatic carbocycles. The van der Waals surface area contributed by atoms with Crippen molar-refractivity contribution in [1.82, 2.24) is 25.3 Å². The zero-order valence-corrected chi connectivity index (χ0v) is 14.9. The standard InChI is InChI=1S/C17H16BrN5O/c1-11-8-14(5-6-15(11)18)23-12(2)16(21-22-23)17(24)20-10-13-4-3-7-19-9-13/h3-9H,10H2,1-2H3,(H,20,24). The van der Waals surface area contributed by atoms with Crippen LogP contribution in [0.4, 0.5) is 0 Å². The molecule has 7 heteroatoms. The normalized spacial score (nSPS) is 10.6. The number of aryl methyl sites for hydroxylation is 1. The van der Waals surface area contributed by atoms with E-state index in [1.54, 1.807) is 17.1 Å². The van der Waals surface area contributed by atoms with E-state index in [2.05, 4.69) is 36.5 Å². The summed E-state index contributed by atoms with van der Waals surface area (Å²) >= 11 is 3.48. The molecule has 1 N–H and O–H groups in total. The van der Waals surface area contributed by atoms with Crippen molar-refractivity contribution in [3.05, 3.63) is 69.7 Å². The van der Waals surface area contributed by atoms with Gasteiger partial charge in [0.15, 0.2) is 5.69 Å². The zero-order valence-electron chi connectivity index (χ0n) is 13.3. The number of halogens is 1. The molecule has 0 bridgehead atoms. The Morgan fingerprint density at radius 1 is 1.29 bits per heavy atom. The molecule has 2 aromatic heterocycles. The molecule has 0 fully saturated rings. The first-order valence-electron chi connectivity index (χ1n) is 7.42. The van der Waals surface area contributed by atoms with Gasteiger partial charge < -0.3 is 5.32 Å². The van der Waals surface area contributed by atoms with E-state index in [1.807, 2.05) is 44.2 Å². The second-order valence-corrected chi connectivity index (χ2v) is 6.27. The minimum atomic E-state index is -0.253. The van der Waals surface area contributed by atoms with Gasteiger partial charge in [0.1, 0.15) is 0 Å². The van der Waals surface area contributed by atoms with Crippen LogP contribution < -0.4 is 5.32 Å². The number of rotatable bonds is 4. The average molecular weight is 386 g/mol. The maximum absolute atomic E-state index is 12.3. The van der Waals surface area contributed by atoms with E-state index >= 15 is 0 Å². The molecule has 0 atom stereocenters. The Morgan fingerprint density at radius 2 is 2.12 bits per heavy atom. The molecule has 0 saturated carbocycles. The van der Waals surface area contributed by atoms with Crippen molar-refractivity contribution in [1.29, 1.82) is 0 Å². The number of amides is 1. The number of carbonyl (C=O) groups excluding carboxylic acids is 1. The van der Waals surface area contributed by atoms with E-state index in [-0.39, 0.29) is 5.91 Å². The van der Waals surface area contributed by atoms with E-state index in [9.17, 15) is 4.79 Å². The first kappa shape index (κ1) is 16.3. The number of hydrogen-bond acceptors (Lipinski definition) is 4. The Kier molecular flexibility index (Phi) is 4.71. The third-order valence-electron chi connectivity index (χ3n) is 3.67. The Hall–Kier alpha value is -2.54. The SMILES string of the molecule is Cc1cc(-n2nnc(C(=O)NCc3cccnc3)c2C)ccc1Br. The van der Waals surface area contributed by atoms with Gasteiger partial charge >= 0.3 is 0 Å². The third kappa shape index (κ3) is 3.35. The number of hydrogen-bond donors (Lipinski definition) is 1. The average Bonchev–Trinajstić information content (AvgIpc) is 2.98. The van der Waals surface area contributed by atoms with Crippen LogP contribution in [0.1, 0.15) is 27.3 Å². The van der Waals surface area contributed by atoms with Crippen LogP contribution >= 0.6 is 15.9 Å². The third-order valence-corrected chi connectivity index (χ3v) is 4.56. The summed E-state index contributed by atoms with van der Waals surface area (Å²) in [6, 6.07) is 9.60. The molecule has 122 valence electrons. The number of pyridine rings is 1. The van der Waals surface area contributed by atoms with Gasteiger partial charge in [-0.05, 0) is 49.2 Å². The molecular weight excluding hydrogens is 370 g/mol. The van der Waals surface area contributed by atoms with Crippen LogP contribution in [0, 0.1) is 13.8 Å². The van der Waals surface area contributed by atoms with Crippen LogP contribution in [0.25, 0.3) is 5.69 Å². The Balaban J connectivity index is 1.79. The van der Waals surface area contributed by atoms with Crippen molar-refractivity contribution in [2.75, 3.05) is 0 Å². The van der Waals surface area contributed by atoms with Gasteiger partial charge in [0.05, 0.1) is 11.4 Å². The van der Waals surface area contributed by atoms with Gasteiger partial charge in [-0.15, -0.1) is 5.10 Å². The lowest BCUT2D eigenvalue weighted by molar-refractivity contribution is 0.0945. The predicted octanol–water partition coefficient (Wildman–Crippen LogP) is 2.97. The fourth-order valence-corrected chi connectivity index (χ4v) is 2.56. The molecule has 0 radical (unpaired) electrons. The van der Waals surface area contributed by atoms with E-state index in [4.69, 9.17) is 0 Å². The fraction of sp³-hybridized carbons (Fsp3) is 0.176. The highest BCUT2D eigenvalue weighted by Crippen LogP contribution is 2.20. The van der Waals surface area contributed by atoms with Crippen molar-refractivity contribution in [2.24, 2.45) is 0 Å². The molecule has 3 rings (SSSR count). The van der Waals surface area contributed by atoms with Gasteiger partial charge in [-0.1, -0.05) is 27.2 Å².